The minimum Gasteiger partial charge on any atom is -1.00 e. The molecule has 0 heterocycles. The van der Waals surface area contributed by atoms with Gasteiger partial charge < -0.3 is 16.9 Å². The van der Waals surface area contributed by atoms with Crippen LogP contribution in [0.2, 0.25) is 0 Å². The van der Waals surface area contributed by atoms with Crippen LogP contribution in [-0.4, -0.2) is 24.5 Å². The van der Waals surface area contributed by atoms with Crippen LogP contribution in [0.25, 0.3) is 0 Å². The molecule has 0 aliphatic heterocycles. The lowest BCUT2D eigenvalue weighted by Crippen LogP contribution is -3.00. The number of quaternary nitrogens is 1. The van der Waals surface area contributed by atoms with E-state index in [2.05, 4.69) is 74.8 Å². The third-order valence-electron chi connectivity index (χ3n) is 2.78. The molecular formula is C16H20ClNS. The van der Waals surface area contributed by atoms with E-state index in [-0.39, 0.29) is 12.4 Å². The average molecular weight is 294 g/mol. The molecule has 0 unspecified atom stereocenters. The lowest BCUT2D eigenvalue weighted by molar-refractivity contribution is -0.891. The van der Waals surface area contributed by atoms with Gasteiger partial charge in [-0.15, -0.1) is 0 Å². The van der Waals surface area contributed by atoms with Gasteiger partial charge in [0.2, 0.25) is 0 Å². The third-order valence-corrected chi connectivity index (χ3v) is 4.21. The minimum absolute atomic E-state index is 0. The van der Waals surface area contributed by atoms with Crippen LogP contribution in [0.15, 0.2) is 65.6 Å². The molecule has 0 aliphatic carbocycles. The van der Waals surface area contributed by atoms with Crippen molar-refractivity contribution >= 4 is 11.8 Å². The molecule has 0 aliphatic rings. The summed E-state index contributed by atoms with van der Waals surface area (Å²) in [6.07, 6.45) is 0. The molecule has 19 heavy (non-hydrogen) atoms. The van der Waals surface area contributed by atoms with Crippen molar-refractivity contribution in [3.63, 3.8) is 0 Å². The van der Waals surface area contributed by atoms with Gasteiger partial charge in [-0.2, -0.15) is 0 Å². The number of rotatable bonds is 5. The van der Waals surface area contributed by atoms with Gasteiger partial charge in [0.05, 0.1) is 14.1 Å². The van der Waals surface area contributed by atoms with Crippen LogP contribution in [-0.2, 0) is 6.54 Å². The Labute approximate surface area is 126 Å². The Balaban J connectivity index is 0.00000180. The van der Waals surface area contributed by atoms with Gasteiger partial charge in [0.1, 0.15) is 12.4 Å². The fourth-order valence-electron chi connectivity index (χ4n) is 1.89. The van der Waals surface area contributed by atoms with E-state index in [0.717, 1.165) is 16.9 Å². The van der Waals surface area contributed by atoms with E-state index >= 15 is 0 Å². The Bertz CT molecular complexity index is 471. The molecule has 2 aromatic rings. The minimum atomic E-state index is 0. The van der Waals surface area contributed by atoms with Crippen molar-refractivity contribution in [2.75, 3.05) is 20.0 Å². The Hall–Kier alpha value is -0.960. The molecule has 3 heteroatoms. The first-order valence-electron chi connectivity index (χ1n) is 6.19. The van der Waals surface area contributed by atoms with E-state index in [4.69, 9.17) is 0 Å². The summed E-state index contributed by atoms with van der Waals surface area (Å²) in [7, 11) is 4.56. The van der Waals surface area contributed by atoms with Crippen molar-refractivity contribution < 1.29 is 16.9 Å². The molecular weight excluding hydrogens is 274 g/mol. The second-order valence-electron chi connectivity index (χ2n) is 5.17. The first-order chi connectivity index (χ1) is 8.66. The van der Waals surface area contributed by atoms with Crippen LogP contribution < -0.4 is 12.4 Å². The van der Waals surface area contributed by atoms with E-state index in [0.29, 0.717) is 0 Å². The monoisotopic (exact) mass is 293 g/mol. The van der Waals surface area contributed by atoms with E-state index in [1.807, 2.05) is 11.8 Å². The second-order valence-corrected chi connectivity index (χ2v) is 6.18. The normalized spacial score (nSPS) is 10.8. The van der Waals surface area contributed by atoms with Crippen molar-refractivity contribution in [2.24, 2.45) is 0 Å². The van der Waals surface area contributed by atoms with E-state index in [1.54, 1.807) is 0 Å². The highest BCUT2D eigenvalue weighted by atomic mass is 35.5. The maximum atomic E-state index is 2.28. The molecule has 0 bridgehead atoms. The molecule has 0 radical (unpaired) electrons. The SMILES string of the molecule is C[N+](C)(CSc1ccccc1)Cc1ccccc1.[Cl-]. The van der Waals surface area contributed by atoms with Crippen molar-refractivity contribution in [2.45, 2.75) is 11.4 Å². The predicted octanol–water partition coefficient (Wildman–Crippen LogP) is 1.02. The zero-order valence-electron chi connectivity index (χ0n) is 11.4. The maximum Gasteiger partial charge on any atom is 0.130 e. The van der Waals surface area contributed by atoms with Crippen molar-refractivity contribution in [1.29, 1.82) is 0 Å². The Morgan fingerprint density at radius 3 is 1.95 bits per heavy atom. The molecule has 0 atom stereocenters. The largest absolute Gasteiger partial charge is 1.00 e. The van der Waals surface area contributed by atoms with Crippen LogP contribution in [0.1, 0.15) is 5.56 Å². The molecule has 2 rings (SSSR count). The Morgan fingerprint density at radius 1 is 0.842 bits per heavy atom. The summed E-state index contributed by atoms with van der Waals surface area (Å²) < 4.78 is 0.990. The molecule has 2 aromatic carbocycles. The number of hydrogen-bond acceptors (Lipinski definition) is 1. The molecule has 0 saturated carbocycles. The predicted molar refractivity (Wildman–Crippen MR) is 79.4 cm³/mol. The van der Waals surface area contributed by atoms with Gasteiger partial charge in [0.15, 0.2) is 0 Å². The summed E-state index contributed by atoms with van der Waals surface area (Å²) in [5.74, 6) is 1.08. The summed E-state index contributed by atoms with van der Waals surface area (Å²) in [5, 5.41) is 0. The molecule has 0 fully saturated rings. The standard InChI is InChI=1S/C16H20NS.ClH/c1-17(2,13-15-9-5-3-6-10-15)14-18-16-11-7-4-8-12-16;/h3-12H,13-14H2,1-2H3;1H/q+1;/p-1. The topological polar surface area (TPSA) is 0 Å². The van der Waals surface area contributed by atoms with Gasteiger partial charge in [-0.3, -0.25) is 0 Å². The van der Waals surface area contributed by atoms with Gasteiger partial charge in [-0.05, 0) is 12.1 Å². The number of nitrogens with zero attached hydrogens (tertiary/aromatic N) is 1. The summed E-state index contributed by atoms with van der Waals surface area (Å²) in [5.41, 5.74) is 1.40. The molecule has 0 amide bonds. The lowest BCUT2D eigenvalue weighted by atomic mass is 10.2. The van der Waals surface area contributed by atoms with Crippen LogP contribution in [0.3, 0.4) is 0 Å². The number of hydrogen-bond donors (Lipinski definition) is 0. The maximum absolute atomic E-state index is 2.28. The van der Waals surface area contributed by atoms with Gasteiger partial charge in [0, 0.05) is 10.5 Å². The molecule has 0 spiro atoms. The summed E-state index contributed by atoms with van der Waals surface area (Å²) >= 11 is 1.92. The first-order valence-corrected chi connectivity index (χ1v) is 7.18. The highest BCUT2D eigenvalue weighted by Crippen LogP contribution is 2.22. The molecule has 0 N–H and O–H groups in total. The first kappa shape index (κ1) is 16.1. The van der Waals surface area contributed by atoms with Crippen LogP contribution >= 0.6 is 11.8 Å². The number of thioether (sulfide) groups is 1. The quantitative estimate of drug-likeness (QED) is 0.451. The van der Waals surface area contributed by atoms with E-state index in [9.17, 15) is 0 Å². The summed E-state index contributed by atoms with van der Waals surface area (Å²) in [6, 6.07) is 21.3. The van der Waals surface area contributed by atoms with Gasteiger partial charge in [0.25, 0.3) is 0 Å². The highest BCUT2D eigenvalue weighted by Gasteiger charge is 2.15. The number of halogens is 1. The van der Waals surface area contributed by atoms with Crippen molar-refractivity contribution in [3.05, 3.63) is 66.2 Å². The molecule has 1 nitrogen and oxygen atoms in total. The Morgan fingerprint density at radius 2 is 1.37 bits per heavy atom. The van der Waals surface area contributed by atoms with Crippen LogP contribution in [0, 0.1) is 0 Å². The van der Waals surface area contributed by atoms with Gasteiger partial charge in [-0.25, -0.2) is 0 Å². The third kappa shape index (κ3) is 5.68. The summed E-state index contributed by atoms with van der Waals surface area (Å²) in [6.45, 7) is 1.07. The highest BCUT2D eigenvalue weighted by molar-refractivity contribution is 7.99. The van der Waals surface area contributed by atoms with Gasteiger partial charge in [-0.1, -0.05) is 60.3 Å². The van der Waals surface area contributed by atoms with Gasteiger partial charge >= 0.3 is 0 Å². The lowest BCUT2D eigenvalue weighted by Gasteiger charge is -2.29. The zero-order valence-corrected chi connectivity index (χ0v) is 13.0. The van der Waals surface area contributed by atoms with Crippen LogP contribution in [0.5, 0.6) is 0 Å². The fourth-order valence-corrected chi connectivity index (χ4v) is 2.83. The van der Waals surface area contributed by atoms with E-state index < -0.39 is 0 Å². The smallest absolute Gasteiger partial charge is 0.130 e. The van der Waals surface area contributed by atoms with Crippen molar-refractivity contribution in [1.82, 2.24) is 0 Å². The average Bonchev–Trinajstić information content (AvgIpc) is 2.38. The number of benzene rings is 2. The molecule has 0 saturated heterocycles. The molecule has 102 valence electrons. The molecule has 0 aromatic heterocycles. The van der Waals surface area contributed by atoms with Crippen LogP contribution in [0.4, 0.5) is 0 Å². The zero-order chi connectivity index (χ0) is 12.8. The Kier molecular flexibility index (Phi) is 6.43. The second kappa shape index (κ2) is 7.59. The van der Waals surface area contributed by atoms with Crippen molar-refractivity contribution in [3.8, 4) is 0 Å². The fraction of sp³-hybridized carbons (Fsp3) is 0.250. The summed E-state index contributed by atoms with van der Waals surface area (Å²) in [4.78, 5) is 1.34. The van der Waals surface area contributed by atoms with E-state index in [1.165, 1.54) is 10.5 Å².